The number of benzene rings is 8. The van der Waals surface area contributed by atoms with Crippen molar-refractivity contribution in [3.63, 3.8) is 0 Å². The molecule has 0 saturated heterocycles. The monoisotopic (exact) mass is 675 g/mol. The maximum absolute atomic E-state index is 4.74. The van der Waals surface area contributed by atoms with E-state index in [1.54, 1.807) is 0 Å². The molecule has 11 rings (SSSR count). The van der Waals surface area contributed by atoms with Gasteiger partial charge in [-0.15, -0.1) is 0 Å². The quantitative estimate of drug-likeness (QED) is 0.188. The van der Waals surface area contributed by atoms with Gasteiger partial charge >= 0.3 is 0 Å². The highest BCUT2D eigenvalue weighted by molar-refractivity contribution is 6.22. The lowest BCUT2D eigenvalue weighted by Crippen LogP contribution is -2.18. The van der Waals surface area contributed by atoms with Crippen LogP contribution in [-0.4, -0.2) is 9.55 Å². The van der Waals surface area contributed by atoms with Gasteiger partial charge in [0, 0.05) is 17.8 Å². The minimum absolute atomic E-state index is 0.00871. The Balaban J connectivity index is 1.11. The normalized spacial score (nSPS) is 14.4. The number of rotatable bonds is 4. The lowest BCUT2D eigenvalue weighted by atomic mass is 9.84. The Hall–Kier alpha value is -6.97. The second-order valence-electron chi connectivity index (χ2n) is 14.0. The molecule has 2 aromatic heterocycles. The Morgan fingerprint density at radius 1 is 0.472 bits per heavy atom. The van der Waals surface area contributed by atoms with Crippen LogP contribution in [-0.2, 0) is 0 Å². The average Bonchev–Trinajstić information content (AvgIpc) is 3.56. The van der Waals surface area contributed by atoms with E-state index in [0.29, 0.717) is 0 Å². The molecule has 0 fully saturated rings. The summed E-state index contributed by atoms with van der Waals surface area (Å²) in [6.07, 6.45) is 8.56. The van der Waals surface area contributed by atoms with E-state index < -0.39 is 0 Å². The summed E-state index contributed by atoms with van der Waals surface area (Å²) in [5.41, 5.74) is 10.6. The lowest BCUT2D eigenvalue weighted by molar-refractivity contribution is 0.746. The smallest absolute Gasteiger partial charge is 0.0963 e. The molecule has 3 heteroatoms. The number of pyridine rings is 1. The molecule has 10 aromatic rings. The van der Waals surface area contributed by atoms with Crippen molar-refractivity contribution in [3.8, 4) is 22.3 Å². The van der Waals surface area contributed by atoms with Gasteiger partial charge in [0.1, 0.15) is 0 Å². The Kier molecular flexibility index (Phi) is 6.62. The van der Waals surface area contributed by atoms with Crippen molar-refractivity contribution in [1.29, 1.82) is 0 Å². The predicted octanol–water partition coefficient (Wildman–Crippen LogP) is 12.8. The number of fused-ring (bicyclic) bond motifs is 7. The molecular weight excluding hydrogens is 643 g/mol. The molecule has 53 heavy (non-hydrogen) atoms. The lowest BCUT2D eigenvalue weighted by Gasteiger charge is -2.23. The first-order chi connectivity index (χ1) is 26.3. The largest absolute Gasteiger partial charge is 0.379 e. The summed E-state index contributed by atoms with van der Waals surface area (Å²) in [5, 5.41) is 14.9. The van der Waals surface area contributed by atoms with Crippen LogP contribution in [0.25, 0.3) is 93.0 Å². The minimum Gasteiger partial charge on any atom is -0.379 e. The fourth-order valence-electron chi connectivity index (χ4n) is 8.58. The number of aromatic nitrogens is 2. The number of nitrogens with zero attached hydrogens (tertiary/aromatic N) is 2. The maximum Gasteiger partial charge on any atom is 0.0963 e. The molecule has 0 bridgehead atoms. The summed E-state index contributed by atoms with van der Waals surface area (Å²) in [6, 6.07) is 59.8. The zero-order chi connectivity index (χ0) is 34.9. The molecular formula is C50H33N3. The fraction of sp³-hybridized carbons (Fsp3) is 0.0200. The van der Waals surface area contributed by atoms with Crippen LogP contribution in [0.15, 0.2) is 188 Å². The molecule has 0 amide bonds. The molecule has 248 valence electrons. The van der Waals surface area contributed by atoms with Crippen LogP contribution >= 0.6 is 0 Å². The van der Waals surface area contributed by atoms with Gasteiger partial charge in [-0.3, -0.25) is 4.98 Å². The SMILES string of the molecule is C1=CC(c2ccc3c(-c4ccc5ccccc5c4)c4ccccc4c(-c4ccc5ccccc5c4)c3c2)NC=C1n1c2ccccc2c2ncccc21. The second-order valence-corrected chi connectivity index (χ2v) is 14.0. The first-order valence-electron chi connectivity index (χ1n) is 18.2. The van der Waals surface area contributed by atoms with Crippen molar-refractivity contribution in [1.82, 2.24) is 14.9 Å². The number of hydrogen-bond acceptors (Lipinski definition) is 2. The number of allylic oxidation sites excluding steroid dienone is 2. The van der Waals surface area contributed by atoms with Crippen LogP contribution in [0.2, 0.25) is 0 Å². The minimum atomic E-state index is 0.00871. The first kappa shape index (κ1) is 29.7. The van der Waals surface area contributed by atoms with Crippen LogP contribution in [0.4, 0.5) is 0 Å². The van der Waals surface area contributed by atoms with Crippen LogP contribution in [0, 0.1) is 0 Å². The van der Waals surface area contributed by atoms with Crippen LogP contribution in [0.3, 0.4) is 0 Å². The maximum atomic E-state index is 4.74. The standard InChI is InChI=1S/C50H33N3/c1-3-12-34-28-37(21-19-32(34)10-1)48-40-14-5-6-15-41(40)49(38-22-20-33-11-2-4-13-35(33)29-38)44-30-36(23-25-42(44)48)45-26-24-39(31-52-45)53-46-17-8-7-16-43(46)50-47(53)18-9-27-51-50/h1-31,45,52H. The van der Waals surface area contributed by atoms with E-state index in [-0.39, 0.29) is 6.04 Å². The Labute approximate surface area is 306 Å². The summed E-state index contributed by atoms with van der Waals surface area (Å²) in [7, 11) is 0. The average molecular weight is 676 g/mol. The molecule has 1 unspecified atom stereocenters. The highest BCUT2D eigenvalue weighted by Gasteiger charge is 2.21. The van der Waals surface area contributed by atoms with Gasteiger partial charge in [-0.1, -0.05) is 133 Å². The molecule has 3 heterocycles. The van der Waals surface area contributed by atoms with Gasteiger partial charge < -0.3 is 9.88 Å². The second kappa shape index (κ2) is 11.8. The number of dihydropyridines is 1. The van der Waals surface area contributed by atoms with Gasteiger partial charge in [-0.05, 0) is 113 Å². The van der Waals surface area contributed by atoms with Crippen molar-refractivity contribution < 1.29 is 0 Å². The Morgan fingerprint density at radius 2 is 1.06 bits per heavy atom. The van der Waals surface area contributed by atoms with Gasteiger partial charge in [0.2, 0.25) is 0 Å². The van der Waals surface area contributed by atoms with Crippen molar-refractivity contribution in [3.05, 3.63) is 194 Å². The zero-order valence-electron chi connectivity index (χ0n) is 28.9. The molecule has 3 nitrogen and oxygen atoms in total. The topological polar surface area (TPSA) is 29.9 Å². The van der Waals surface area contributed by atoms with Crippen molar-refractivity contribution >= 4 is 70.7 Å². The predicted molar refractivity (Wildman–Crippen MR) is 224 cm³/mol. The van der Waals surface area contributed by atoms with E-state index in [4.69, 9.17) is 4.98 Å². The van der Waals surface area contributed by atoms with Crippen LogP contribution < -0.4 is 5.32 Å². The van der Waals surface area contributed by atoms with Gasteiger partial charge in [-0.2, -0.15) is 0 Å². The van der Waals surface area contributed by atoms with E-state index in [0.717, 1.165) is 27.6 Å². The van der Waals surface area contributed by atoms with E-state index >= 15 is 0 Å². The summed E-state index contributed by atoms with van der Waals surface area (Å²) < 4.78 is 2.30. The third kappa shape index (κ3) is 4.71. The Morgan fingerprint density at radius 3 is 1.74 bits per heavy atom. The van der Waals surface area contributed by atoms with Crippen LogP contribution in [0.1, 0.15) is 11.6 Å². The highest BCUT2D eigenvalue weighted by atomic mass is 15.0. The Bertz CT molecular complexity index is 3110. The van der Waals surface area contributed by atoms with E-state index in [1.807, 2.05) is 12.3 Å². The molecule has 0 radical (unpaired) electrons. The fourth-order valence-corrected chi connectivity index (χ4v) is 8.58. The van der Waals surface area contributed by atoms with Crippen LogP contribution in [0.5, 0.6) is 0 Å². The number of nitrogens with one attached hydrogen (secondary N) is 1. The van der Waals surface area contributed by atoms with Gasteiger partial charge in [0.05, 0.1) is 28.3 Å². The summed E-state index contributed by atoms with van der Waals surface area (Å²) in [6.45, 7) is 0. The summed E-state index contributed by atoms with van der Waals surface area (Å²) in [4.78, 5) is 4.74. The number of para-hydroxylation sites is 1. The third-order valence-electron chi connectivity index (χ3n) is 11.0. The van der Waals surface area contributed by atoms with Gasteiger partial charge in [0.25, 0.3) is 0 Å². The summed E-state index contributed by atoms with van der Waals surface area (Å²) in [5.74, 6) is 0. The zero-order valence-corrected chi connectivity index (χ0v) is 28.9. The van der Waals surface area contributed by atoms with Crippen molar-refractivity contribution in [2.75, 3.05) is 0 Å². The molecule has 0 spiro atoms. The number of hydrogen-bond donors (Lipinski definition) is 1. The van der Waals surface area contributed by atoms with Crippen molar-refractivity contribution in [2.45, 2.75) is 6.04 Å². The molecule has 8 aromatic carbocycles. The molecule has 1 N–H and O–H groups in total. The first-order valence-corrected chi connectivity index (χ1v) is 18.2. The molecule has 1 atom stereocenters. The van der Waals surface area contributed by atoms with E-state index in [1.165, 1.54) is 70.9 Å². The van der Waals surface area contributed by atoms with Gasteiger partial charge in [0.15, 0.2) is 0 Å². The van der Waals surface area contributed by atoms with E-state index in [2.05, 4.69) is 186 Å². The molecule has 0 aliphatic carbocycles. The molecule has 0 saturated carbocycles. The van der Waals surface area contributed by atoms with Gasteiger partial charge in [-0.25, -0.2) is 0 Å². The highest BCUT2D eigenvalue weighted by Crippen LogP contribution is 2.45. The molecule has 1 aliphatic rings. The van der Waals surface area contributed by atoms with E-state index in [9.17, 15) is 0 Å². The summed E-state index contributed by atoms with van der Waals surface area (Å²) >= 11 is 0. The third-order valence-corrected chi connectivity index (χ3v) is 11.0. The molecule has 1 aliphatic heterocycles. The van der Waals surface area contributed by atoms with Crippen molar-refractivity contribution in [2.24, 2.45) is 0 Å².